The Labute approximate surface area is 116 Å². The van der Waals surface area contributed by atoms with Crippen LogP contribution < -0.4 is 0 Å². The molecule has 0 rings (SSSR count). The molecule has 9 heteroatoms. The Morgan fingerprint density at radius 2 is 1.75 bits per heavy atom. The van der Waals surface area contributed by atoms with Gasteiger partial charge in [0.05, 0.1) is 26.4 Å². The van der Waals surface area contributed by atoms with Crippen LogP contribution in [0.15, 0.2) is 5.11 Å². The van der Waals surface area contributed by atoms with E-state index in [1.54, 1.807) is 0 Å². The second-order valence-electron chi connectivity index (χ2n) is 3.65. The molecule has 0 spiro atoms. The number of carbonyl (C=O) groups excluding carboxylic acids is 2. The molecule has 0 radical (unpaired) electrons. The van der Waals surface area contributed by atoms with E-state index in [2.05, 4.69) is 19.5 Å². The van der Waals surface area contributed by atoms with Gasteiger partial charge in [-0.15, -0.1) is 0 Å². The fourth-order valence-corrected chi connectivity index (χ4v) is 0.917. The first-order valence-electron chi connectivity index (χ1n) is 6.08. The lowest BCUT2D eigenvalue weighted by Crippen LogP contribution is -2.23. The van der Waals surface area contributed by atoms with E-state index in [4.69, 9.17) is 15.0 Å². The first kappa shape index (κ1) is 18.2. The number of ether oxygens (including phenoxy) is 4. The van der Waals surface area contributed by atoms with E-state index < -0.39 is 12.3 Å². The number of carbonyl (C=O) groups is 2. The van der Waals surface area contributed by atoms with Gasteiger partial charge in [0.15, 0.2) is 11.9 Å². The Morgan fingerprint density at radius 3 is 2.35 bits per heavy atom. The SMILES string of the molecule is CC(=O)[C@H](C)OC(=O)OCCOCCOCCN=[N+]=[N-]. The molecule has 0 aliphatic rings. The Balaban J connectivity index is 3.33. The van der Waals surface area contributed by atoms with Crippen LogP contribution in [0.4, 0.5) is 4.79 Å². The van der Waals surface area contributed by atoms with Crippen molar-refractivity contribution in [3.05, 3.63) is 10.4 Å². The predicted octanol–water partition coefficient (Wildman–Crippen LogP) is 1.46. The smallest absolute Gasteiger partial charge is 0.432 e. The minimum atomic E-state index is -0.901. The summed E-state index contributed by atoms with van der Waals surface area (Å²) in [5.41, 5.74) is 8.00. The minimum absolute atomic E-state index is 0.0299. The Morgan fingerprint density at radius 1 is 1.15 bits per heavy atom. The largest absolute Gasteiger partial charge is 0.509 e. The molecule has 0 aromatic rings. The van der Waals surface area contributed by atoms with Crippen molar-refractivity contribution < 1.29 is 28.5 Å². The van der Waals surface area contributed by atoms with Crippen LogP contribution in [0.5, 0.6) is 0 Å². The van der Waals surface area contributed by atoms with Crippen LogP contribution in [0.3, 0.4) is 0 Å². The topological polar surface area (TPSA) is 120 Å². The van der Waals surface area contributed by atoms with Gasteiger partial charge in [-0.25, -0.2) is 4.79 Å². The maximum Gasteiger partial charge on any atom is 0.509 e. The third kappa shape index (κ3) is 11.3. The van der Waals surface area contributed by atoms with Crippen LogP contribution >= 0.6 is 0 Å². The summed E-state index contributed by atoms with van der Waals surface area (Å²) in [6.45, 7) is 4.31. The van der Waals surface area contributed by atoms with Crippen LogP contribution in [-0.4, -0.2) is 57.6 Å². The zero-order valence-electron chi connectivity index (χ0n) is 11.6. The average Bonchev–Trinajstić information content (AvgIpc) is 2.40. The summed E-state index contributed by atoms with van der Waals surface area (Å²) in [6, 6.07) is 0. The van der Waals surface area contributed by atoms with Crippen LogP contribution in [0.25, 0.3) is 10.4 Å². The molecule has 0 bridgehead atoms. The number of hydrogen-bond donors (Lipinski definition) is 0. The summed E-state index contributed by atoms with van der Waals surface area (Å²) in [7, 11) is 0. The van der Waals surface area contributed by atoms with Crippen molar-refractivity contribution in [3.8, 4) is 0 Å². The van der Waals surface area contributed by atoms with E-state index in [0.29, 0.717) is 19.8 Å². The summed E-state index contributed by atoms with van der Waals surface area (Å²) in [5.74, 6) is -0.254. The monoisotopic (exact) mass is 289 g/mol. The van der Waals surface area contributed by atoms with Gasteiger partial charge < -0.3 is 18.9 Å². The fourth-order valence-electron chi connectivity index (χ4n) is 0.917. The summed E-state index contributed by atoms with van der Waals surface area (Å²) < 4.78 is 19.5. The van der Waals surface area contributed by atoms with Gasteiger partial charge in [-0.3, -0.25) is 4.79 Å². The molecule has 0 aromatic heterocycles. The second kappa shape index (κ2) is 12.2. The summed E-state index contributed by atoms with van der Waals surface area (Å²) >= 11 is 0. The highest BCUT2D eigenvalue weighted by Gasteiger charge is 2.14. The molecule has 0 aliphatic heterocycles. The predicted molar refractivity (Wildman–Crippen MR) is 68.2 cm³/mol. The molecule has 0 N–H and O–H groups in total. The molecule has 0 saturated heterocycles. The second-order valence-corrected chi connectivity index (χ2v) is 3.65. The van der Waals surface area contributed by atoms with E-state index >= 15 is 0 Å². The lowest BCUT2D eigenvalue weighted by molar-refractivity contribution is -0.125. The first-order valence-corrected chi connectivity index (χ1v) is 6.08. The van der Waals surface area contributed by atoms with Crippen molar-refractivity contribution >= 4 is 11.9 Å². The van der Waals surface area contributed by atoms with Gasteiger partial charge in [0, 0.05) is 11.5 Å². The maximum absolute atomic E-state index is 11.1. The van der Waals surface area contributed by atoms with Crippen LogP contribution in [0, 0.1) is 0 Å². The summed E-state index contributed by atoms with van der Waals surface area (Å²) in [5, 5.41) is 3.29. The molecule has 1 atom stereocenters. The molecular formula is C11H19N3O6. The minimum Gasteiger partial charge on any atom is -0.432 e. The van der Waals surface area contributed by atoms with Gasteiger partial charge in [-0.05, 0) is 19.4 Å². The standard InChI is InChI=1S/C11H19N3O6/c1-9(15)10(2)20-11(16)19-8-7-18-6-5-17-4-3-13-14-12/h10H,3-8H2,1-2H3/t10-/m0/s1. The van der Waals surface area contributed by atoms with E-state index in [-0.39, 0.29) is 25.5 Å². The highest BCUT2D eigenvalue weighted by molar-refractivity contribution is 5.81. The van der Waals surface area contributed by atoms with Gasteiger partial charge in [0.2, 0.25) is 0 Å². The van der Waals surface area contributed by atoms with E-state index in [9.17, 15) is 9.59 Å². The third-order valence-electron chi connectivity index (χ3n) is 2.06. The van der Waals surface area contributed by atoms with Crippen molar-refractivity contribution in [3.63, 3.8) is 0 Å². The number of Topliss-reactive ketones (excluding diaryl/α,β-unsaturated/α-hetero) is 1. The van der Waals surface area contributed by atoms with Gasteiger partial charge in [-0.2, -0.15) is 0 Å². The normalized spacial score (nSPS) is 11.3. The van der Waals surface area contributed by atoms with Crippen LogP contribution in [0.2, 0.25) is 0 Å². The molecule has 0 aliphatic carbocycles. The van der Waals surface area contributed by atoms with Crippen LogP contribution in [-0.2, 0) is 23.7 Å². The van der Waals surface area contributed by atoms with Gasteiger partial charge in [0.1, 0.15) is 6.61 Å². The maximum atomic E-state index is 11.1. The quantitative estimate of drug-likeness (QED) is 0.187. The Bertz CT molecular complexity index is 343. The molecule has 9 nitrogen and oxygen atoms in total. The molecule has 114 valence electrons. The number of rotatable bonds is 11. The summed E-state index contributed by atoms with van der Waals surface area (Å²) in [4.78, 5) is 24.5. The fraction of sp³-hybridized carbons (Fsp3) is 0.818. The van der Waals surface area contributed by atoms with Crippen LogP contribution in [0.1, 0.15) is 13.8 Å². The molecular weight excluding hydrogens is 270 g/mol. The molecule has 0 unspecified atom stereocenters. The van der Waals surface area contributed by atoms with E-state index in [0.717, 1.165) is 0 Å². The van der Waals surface area contributed by atoms with Crippen molar-refractivity contribution in [1.29, 1.82) is 0 Å². The lowest BCUT2D eigenvalue weighted by Gasteiger charge is -2.10. The molecule has 0 aromatic carbocycles. The Kier molecular flexibility index (Phi) is 11.1. The van der Waals surface area contributed by atoms with Crippen molar-refractivity contribution in [2.75, 3.05) is 39.6 Å². The van der Waals surface area contributed by atoms with Crippen molar-refractivity contribution in [1.82, 2.24) is 0 Å². The lowest BCUT2D eigenvalue weighted by atomic mass is 10.3. The van der Waals surface area contributed by atoms with E-state index in [1.807, 2.05) is 0 Å². The molecule has 0 fully saturated rings. The Hall–Kier alpha value is -1.83. The zero-order chi connectivity index (χ0) is 15.2. The summed E-state index contributed by atoms with van der Waals surface area (Å²) in [6.07, 6.45) is -1.71. The molecule has 0 saturated carbocycles. The molecule has 0 amide bonds. The zero-order valence-corrected chi connectivity index (χ0v) is 11.6. The highest BCUT2D eigenvalue weighted by atomic mass is 16.7. The average molecular weight is 289 g/mol. The van der Waals surface area contributed by atoms with Gasteiger partial charge in [0.25, 0.3) is 0 Å². The number of azide groups is 1. The van der Waals surface area contributed by atoms with Crippen molar-refractivity contribution in [2.45, 2.75) is 20.0 Å². The number of hydrogen-bond acceptors (Lipinski definition) is 7. The number of ketones is 1. The van der Waals surface area contributed by atoms with Crippen molar-refractivity contribution in [2.24, 2.45) is 5.11 Å². The van der Waals surface area contributed by atoms with Gasteiger partial charge in [-0.1, -0.05) is 5.11 Å². The molecule has 20 heavy (non-hydrogen) atoms. The van der Waals surface area contributed by atoms with Gasteiger partial charge >= 0.3 is 6.16 Å². The number of nitrogens with zero attached hydrogens (tertiary/aromatic N) is 3. The first-order chi connectivity index (χ1) is 9.57. The van der Waals surface area contributed by atoms with E-state index in [1.165, 1.54) is 13.8 Å². The highest BCUT2D eigenvalue weighted by Crippen LogP contribution is 1.95. The third-order valence-corrected chi connectivity index (χ3v) is 2.06. The molecule has 0 heterocycles.